The van der Waals surface area contributed by atoms with Crippen LogP contribution in [0.25, 0.3) is 16.6 Å². The lowest BCUT2D eigenvalue weighted by molar-refractivity contribution is 0.0852. The molecule has 0 radical (unpaired) electrons. The Kier molecular flexibility index (Phi) is 5.26. The third kappa shape index (κ3) is 4.22. The Morgan fingerprint density at radius 1 is 1.23 bits per heavy atom. The molecule has 7 nitrogen and oxygen atoms in total. The molecule has 1 aliphatic heterocycles. The molecule has 0 spiro atoms. The minimum absolute atomic E-state index is 0.108. The van der Waals surface area contributed by atoms with Gasteiger partial charge in [-0.3, -0.25) is 9.48 Å². The van der Waals surface area contributed by atoms with Gasteiger partial charge in [-0.2, -0.15) is 10.2 Å². The molecular formula is C24H25N5O2. The average Bonchev–Trinajstić information content (AvgIpc) is 3.54. The molecule has 7 heteroatoms. The summed E-state index contributed by atoms with van der Waals surface area (Å²) >= 11 is 0. The van der Waals surface area contributed by atoms with E-state index < -0.39 is 0 Å². The largest absolute Gasteiger partial charge is 0.376 e. The first-order chi connectivity index (χ1) is 15.2. The van der Waals surface area contributed by atoms with Crippen LogP contribution >= 0.6 is 0 Å². The van der Waals surface area contributed by atoms with Gasteiger partial charge in [-0.05, 0) is 54.2 Å². The molecule has 3 aromatic heterocycles. The van der Waals surface area contributed by atoms with Crippen molar-refractivity contribution >= 4 is 11.4 Å². The van der Waals surface area contributed by atoms with E-state index in [0.29, 0.717) is 12.2 Å². The predicted molar refractivity (Wildman–Crippen MR) is 118 cm³/mol. The van der Waals surface area contributed by atoms with Gasteiger partial charge in [0, 0.05) is 38.2 Å². The summed E-state index contributed by atoms with van der Waals surface area (Å²) in [5.41, 5.74) is 5.89. The van der Waals surface area contributed by atoms with E-state index in [9.17, 15) is 4.79 Å². The topological polar surface area (TPSA) is 73.5 Å². The minimum atomic E-state index is -0.167. The lowest BCUT2D eigenvalue weighted by Gasteiger charge is -2.12. The van der Waals surface area contributed by atoms with Crippen LogP contribution < -0.4 is 5.32 Å². The fourth-order valence-corrected chi connectivity index (χ4v) is 4.06. The minimum Gasteiger partial charge on any atom is -0.376 e. The molecule has 1 aromatic carbocycles. The summed E-state index contributed by atoms with van der Waals surface area (Å²) in [5, 5.41) is 11.7. The molecule has 1 fully saturated rings. The Morgan fingerprint density at radius 3 is 2.84 bits per heavy atom. The molecule has 1 saturated heterocycles. The van der Waals surface area contributed by atoms with Crippen LogP contribution in [0.4, 0.5) is 0 Å². The van der Waals surface area contributed by atoms with Crippen molar-refractivity contribution in [3.63, 3.8) is 0 Å². The lowest BCUT2D eigenvalue weighted by Crippen LogP contribution is -2.32. The smallest absolute Gasteiger partial charge is 0.271 e. The Morgan fingerprint density at radius 2 is 2.10 bits per heavy atom. The molecule has 1 amide bonds. The average molecular weight is 415 g/mol. The predicted octanol–water partition coefficient (Wildman–Crippen LogP) is 3.23. The van der Waals surface area contributed by atoms with Crippen molar-refractivity contribution in [2.24, 2.45) is 7.05 Å². The molecule has 4 aromatic rings. The van der Waals surface area contributed by atoms with E-state index in [1.54, 1.807) is 9.20 Å². The third-order valence-corrected chi connectivity index (χ3v) is 5.72. The fourth-order valence-electron chi connectivity index (χ4n) is 4.06. The number of carbonyl (C=O) groups excluding carboxylic acids is 1. The quantitative estimate of drug-likeness (QED) is 0.525. The normalized spacial score (nSPS) is 16.1. The number of hydrogen-bond donors (Lipinski definition) is 1. The Labute approximate surface area is 180 Å². The van der Waals surface area contributed by atoms with Gasteiger partial charge in [-0.1, -0.05) is 24.3 Å². The van der Waals surface area contributed by atoms with Crippen LogP contribution in [0, 0.1) is 0 Å². The van der Waals surface area contributed by atoms with Gasteiger partial charge in [0.25, 0.3) is 5.91 Å². The molecule has 0 saturated carbocycles. The zero-order valence-electron chi connectivity index (χ0n) is 17.5. The highest BCUT2D eigenvalue weighted by atomic mass is 16.5. The number of nitrogens with one attached hydrogen (secondary N) is 1. The Bertz CT molecular complexity index is 1200. The lowest BCUT2D eigenvalue weighted by atomic mass is 10.0. The van der Waals surface area contributed by atoms with Gasteiger partial charge in [0.1, 0.15) is 5.69 Å². The van der Waals surface area contributed by atoms with Crippen molar-refractivity contribution in [1.82, 2.24) is 24.7 Å². The molecule has 1 atom stereocenters. The molecule has 0 aliphatic carbocycles. The Hall–Kier alpha value is -3.45. The number of benzene rings is 1. The standard InChI is InChI=1S/C24H25N5O2/c1-28-16-20(14-26-28)18-8-6-17(7-9-18)12-19-13-22(27-29-10-2-5-23(19)29)24(30)25-15-21-4-3-11-31-21/h2,5-10,13-14,16,21H,3-4,11-12,15H2,1H3,(H,25,30). The first-order valence-electron chi connectivity index (χ1n) is 10.6. The van der Waals surface area contributed by atoms with Crippen molar-refractivity contribution in [2.75, 3.05) is 13.2 Å². The van der Waals surface area contributed by atoms with Crippen LogP contribution in [0.15, 0.2) is 61.1 Å². The molecular weight excluding hydrogens is 390 g/mol. The van der Waals surface area contributed by atoms with Crippen LogP contribution in [0.2, 0.25) is 0 Å². The number of nitrogens with zero attached hydrogens (tertiary/aromatic N) is 4. The summed E-state index contributed by atoms with van der Waals surface area (Å²) < 4.78 is 9.18. The number of amides is 1. The molecule has 0 bridgehead atoms. The first kappa shape index (κ1) is 19.5. The number of hydrogen-bond acceptors (Lipinski definition) is 4. The molecule has 1 unspecified atom stereocenters. The number of aryl methyl sites for hydroxylation is 1. The molecule has 158 valence electrons. The summed E-state index contributed by atoms with van der Waals surface area (Å²) in [4.78, 5) is 12.7. The van der Waals surface area contributed by atoms with E-state index in [4.69, 9.17) is 4.74 Å². The second kappa shape index (κ2) is 8.35. The van der Waals surface area contributed by atoms with Gasteiger partial charge >= 0.3 is 0 Å². The summed E-state index contributed by atoms with van der Waals surface area (Å²) in [7, 11) is 1.92. The third-order valence-electron chi connectivity index (χ3n) is 5.72. The van der Waals surface area contributed by atoms with Crippen LogP contribution in [-0.2, 0) is 18.2 Å². The summed E-state index contributed by atoms with van der Waals surface area (Å²) in [6.07, 6.45) is 8.61. The zero-order valence-corrected chi connectivity index (χ0v) is 17.5. The van der Waals surface area contributed by atoms with Crippen molar-refractivity contribution in [3.8, 4) is 11.1 Å². The monoisotopic (exact) mass is 415 g/mol. The maximum atomic E-state index is 12.7. The SMILES string of the molecule is Cn1cc(-c2ccc(Cc3cc(C(=O)NCC4CCCO4)nn4cccc34)cc2)cn1. The summed E-state index contributed by atoms with van der Waals surface area (Å²) in [6, 6.07) is 14.3. The van der Waals surface area contributed by atoms with Crippen LogP contribution in [-0.4, -0.2) is 44.6 Å². The molecule has 31 heavy (non-hydrogen) atoms. The number of aromatic nitrogens is 4. The second-order valence-electron chi connectivity index (χ2n) is 8.01. The highest BCUT2D eigenvalue weighted by Crippen LogP contribution is 2.22. The van der Waals surface area contributed by atoms with E-state index in [0.717, 1.165) is 48.1 Å². The van der Waals surface area contributed by atoms with Crippen LogP contribution in [0.3, 0.4) is 0 Å². The summed E-state index contributed by atoms with van der Waals surface area (Å²) in [6.45, 7) is 1.30. The highest BCUT2D eigenvalue weighted by molar-refractivity contribution is 5.92. The summed E-state index contributed by atoms with van der Waals surface area (Å²) in [5.74, 6) is -0.167. The van der Waals surface area contributed by atoms with E-state index in [1.165, 1.54) is 5.56 Å². The van der Waals surface area contributed by atoms with Gasteiger partial charge < -0.3 is 10.1 Å². The van der Waals surface area contributed by atoms with Crippen molar-refractivity contribution < 1.29 is 9.53 Å². The number of ether oxygens (including phenoxy) is 1. The number of rotatable bonds is 6. The number of carbonyl (C=O) groups is 1. The van der Waals surface area contributed by atoms with Crippen LogP contribution in [0.1, 0.15) is 34.5 Å². The van der Waals surface area contributed by atoms with Gasteiger partial charge in [-0.25, -0.2) is 4.52 Å². The van der Waals surface area contributed by atoms with Crippen LogP contribution in [0.5, 0.6) is 0 Å². The van der Waals surface area contributed by atoms with Gasteiger partial charge in [0.05, 0.1) is 17.8 Å². The highest BCUT2D eigenvalue weighted by Gasteiger charge is 2.18. The number of fused-ring (bicyclic) bond motifs is 1. The first-order valence-corrected chi connectivity index (χ1v) is 10.6. The second-order valence-corrected chi connectivity index (χ2v) is 8.01. The van der Waals surface area contributed by atoms with Gasteiger partial charge in [0.2, 0.25) is 0 Å². The maximum Gasteiger partial charge on any atom is 0.271 e. The zero-order chi connectivity index (χ0) is 21.2. The van der Waals surface area contributed by atoms with Gasteiger partial charge in [0.15, 0.2) is 0 Å². The van der Waals surface area contributed by atoms with Gasteiger partial charge in [-0.15, -0.1) is 0 Å². The van der Waals surface area contributed by atoms with Crippen molar-refractivity contribution in [1.29, 1.82) is 0 Å². The van der Waals surface area contributed by atoms with E-state index >= 15 is 0 Å². The molecule has 1 aliphatic rings. The fraction of sp³-hybridized carbons (Fsp3) is 0.292. The molecule has 1 N–H and O–H groups in total. The molecule has 5 rings (SSSR count). The van der Waals surface area contributed by atoms with Crippen molar-refractivity contribution in [3.05, 3.63) is 77.9 Å². The Balaban J connectivity index is 1.36. The maximum absolute atomic E-state index is 12.7. The van der Waals surface area contributed by atoms with E-state index in [-0.39, 0.29) is 12.0 Å². The molecule has 4 heterocycles. The van der Waals surface area contributed by atoms with E-state index in [1.807, 2.05) is 43.8 Å². The van der Waals surface area contributed by atoms with Crippen molar-refractivity contribution in [2.45, 2.75) is 25.4 Å². The van der Waals surface area contributed by atoms with E-state index in [2.05, 4.69) is 39.8 Å².